The van der Waals surface area contributed by atoms with Gasteiger partial charge in [-0.1, -0.05) is 18.2 Å². The molecular weight excluding hydrogens is 325 g/mol. The lowest BCUT2D eigenvalue weighted by atomic mass is 10.1. The predicted molar refractivity (Wildman–Crippen MR) is 80.4 cm³/mol. The highest BCUT2D eigenvalue weighted by Gasteiger charge is 2.40. The largest absolute Gasteiger partial charge is 0.508 e. The van der Waals surface area contributed by atoms with Gasteiger partial charge in [0.05, 0.1) is 5.39 Å². The number of phenolic OH excluding ortho intramolecular Hbond substituents is 1. The summed E-state index contributed by atoms with van der Waals surface area (Å²) in [5.41, 5.74) is -1.25. The average Bonchev–Trinajstić information content (AvgIpc) is 2.53. The number of para-hydroxylation sites is 1. The van der Waals surface area contributed by atoms with E-state index in [1.54, 1.807) is 18.2 Å². The van der Waals surface area contributed by atoms with E-state index >= 15 is 0 Å². The summed E-state index contributed by atoms with van der Waals surface area (Å²) in [5, 5.41) is 9.52. The highest BCUT2D eigenvalue weighted by molar-refractivity contribution is 5.83. The number of hydrogen-bond acceptors (Lipinski definition) is 4. The fraction of sp³-hybridized carbons (Fsp3) is 0.118. The third-order valence-electron chi connectivity index (χ3n) is 3.46. The van der Waals surface area contributed by atoms with Crippen LogP contribution in [0.3, 0.4) is 0 Å². The van der Waals surface area contributed by atoms with Crippen LogP contribution in [0.4, 0.5) is 13.2 Å². The van der Waals surface area contributed by atoms with E-state index in [0.29, 0.717) is 0 Å². The number of rotatable bonds is 2. The lowest BCUT2D eigenvalue weighted by molar-refractivity contribution is -0.154. The standard InChI is InChI=1S/C17H11F3O4/c1-9-12(21)8-7-11-13(22)15(23-10-5-3-2-4-6-10)16(17(18,19)20)24-14(9)11/h2-8,21H,1H3. The van der Waals surface area contributed by atoms with Crippen LogP contribution >= 0.6 is 0 Å². The molecule has 0 spiro atoms. The monoisotopic (exact) mass is 336 g/mol. The minimum Gasteiger partial charge on any atom is -0.508 e. The first-order valence-electron chi connectivity index (χ1n) is 6.88. The summed E-state index contributed by atoms with van der Waals surface area (Å²) in [4.78, 5) is 12.5. The molecule has 4 nitrogen and oxygen atoms in total. The quantitative estimate of drug-likeness (QED) is 0.742. The van der Waals surface area contributed by atoms with Gasteiger partial charge in [0.15, 0.2) is 0 Å². The smallest absolute Gasteiger partial charge is 0.453 e. The second kappa shape index (κ2) is 5.59. The summed E-state index contributed by atoms with van der Waals surface area (Å²) in [6.45, 7) is 1.36. The van der Waals surface area contributed by atoms with Crippen LogP contribution in [0.1, 0.15) is 11.3 Å². The Morgan fingerprint density at radius 1 is 1.08 bits per heavy atom. The maximum Gasteiger partial charge on any atom is 0.453 e. The Hall–Kier alpha value is -2.96. The molecule has 124 valence electrons. The van der Waals surface area contributed by atoms with Gasteiger partial charge in [-0.15, -0.1) is 0 Å². The molecule has 7 heteroatoms. The van der Waals surface area contributed by atoms with Gasteiger partial charge in [-0.25, -0.2) is 0 Å². The lowest BCUT2D eigenvalue weighted by Gasteiger charge is -2.14. The number of hydrogen-bond donors (Lipinski definition) is 1. The second-order valence-electron chi connectivity index (χ2n) is 5.09. The average molecular weight is 336 g/mol. The summed E-state index contributed by atoms with van der Waals surface area (Å²) in [6.07, 6.45) is -4.94. The molecule has 24 heavy (non-hydrogen) atoms. The highest BCUT2D eigenvalue weighted by atomic mass is 19.4. The van der Waals surface area contributed by atoms with Crippen LogP contribution in [-0.4, -0.2) is 5.11 Å². The number of alkyl halides is 3. The zero-order valence-electron chi connectivity index (χ0n) is 12.3. The number of aromatic hydroxyl groups is 1. The minimum atomic E-state index is -4.94. The number of aryl methyl sites for hydroxylation is 1. The number of ether oxygens (including phenoxy) is 1. The van der Waals surface area contributed by atoms with Crippen molar-refractivity contribution in [2.24, 2.45) is 0 Å². The van der Waals surface area contributed by atoms with Crippen molar-refractivity contribution in [2.45, 2.75) is 13.1 Å². The van der Waals surface area contributed by atoms with Gasteiger partial charge < -0.3 is 14.3 Å². The second-order valence-corrected chi connectivity index (χ2v) is 5.09. The fourth-order valence-corrected chi connectivity index (χ4v) is 2.25. The topological polar surface area (TPSA) is 59.7 Å². The minimum absolute atomic E-state index is 0.0429. The van der Waals surface area contributed by atoms with E-state index in [2.05, 4.69) is 0 Å². The third-order valence-corrected chi connectivity index (χ3v) is 3.46. The first-order chi connectivity index (χ1) is 11.3. The van der Waals surface area contributed by atoms with E-state index < -0.39 is 23.1 Å². The summed E-state index contributed by atoms with van der Waals surface area (Å²) in [7, 11) is 0. The van der Waals surface area contributed by atoms with Crippen LogP contribution in [0.2, 0.25) is 0 Å². The van der Waals surface area contributed by atoms with Crippen molar-refractivity contribution < 1.29 is 27.4 Å². The molecule has 0 saturated carbocycles. The Morgan fingerprint density at radius 3 is 2.38 bits per heavy atom. The van der Waals surface area contributed by atoms with Crippen molar-refractivity contribution >= 4 is 11.0 Å². The fourth-order valence-electron chi connectivity index (χ4n) is 2.25. The molecule has 0 atom stereocenters. The van der Waals surface area contributed by atoms with Crippen LogP contribution in [0.15, 0.2) is 51.7 Å². The first-order valence-corrected chi connectivity index (χ1v) is 6.88. The normalized spacial score (nSPS) is 11.7. The molecule has 0 saturated heterocycles. The van der Waals surface area contributed by atoms with Crippen molar-refractivity contribution in [1.29, 1.82) is 0 Å². The van der Waals surface area contributed by atoms with Crippen molar-refractivity contribution in [3.8, 4) is 17.2 Å². The SMILES string of the molecule is Cc1c(O)ccc2c(=O)c(Oc3ccccc3)c(C(F)(F)F)oc12. The zero-order valence-corrected chi connectivity index (χ0v) is 12.3. The van der Waals surface area contributed by atoms with Crippen molar-refractivity contribution in [2.75, 3.05) is 0 Å². The van der Waals surface area contributed by atoms with Crippen LogP contribution in [0.25, 0.3) is 11.0 Å². The third kappa shape index (κ3) is 2.68. The maximum atomic E-state index is 13.3. The molecular formula is C17H11F3O4. The molecule has 1 aromatic heterocycles. The van der Waals surface area contributed by atoms with Gasteiger partial charge in [-0.2, -0.15) is 13.2 Å². The van der Waals surface area contributed by atoms with E-state index in [1.165, 1.54) is 31.2 Å². The number of halogens is 3. The van der Waals surface area contributed by atoms with Crippen molar-refractivity contribution in [3.05, 3.63) is 64.0 Å². The Labute approximate surface area is 133 Å². The molecule has 1 heterocycles. The summed E-state index contributed by atoms with van der Waals surface area (Å²) < 4.78 is 50.0. The zero-order chi connectivity index (χ0) is 17.5. The Morgan fingerprint density at radius 2 is 1.75 bits per heavy atom. The van der Waals surface area contributed by atoms with Gasteiger partial charge >= 0.3 is 6.18 Å². The molecule has 2 aromatic carbocycles. The number of benzene rings is 2. The highest BCUT2D eigenvalue weighted by Crippen LogP contribution is 2.39. The van der Waals surface area contributed by atoms with Gasteiger partial charge in [0.1, 0.15) is 17.1 Å². The number of phenols is 1. The molecule has 0 unspecified atom stereocenters. The summed E-state index contributed by atoms with van der Waals surface area (Å²) in [5.74, 6) is -2.68. The van der Waals surface area contributed by atoms with E-state index in [1.807, 2.05) is 0 Å². The van der Waals surface area contributed by atoms with Crippen LogP contribution < -0.4 is 10.2 Å². The molecule has 0 bridgehead atoms. The van der Waals surface area contributed by atoms with Crippen LogP contribution in [-0.2, 0) is 6.18 Å². The van der Waals surface area contributed by atoms with Gasteiger partial charge in [-0.05, 0) is 31.2 Å². The molecule has 0 amide bonds. The predicted octanol–water partition coefficient (Wildman–Crippen LogP) is 4.62. The molecule has 0 radical (unpaired) electrons. The summed E-state index contributed by atoms with van der Waals surface area (Å²) in [6, 6.07) is 10.0. The van der Waals surface area contributed by atoms with Gasteiger partial charge in [0, 0.05) is 5.56 Å². The molecule has 0 aliphatic carbocycles. The van der Waals surface area contributed by atoms with Crippen molar-refractivity contribution in [1.82, 2.24) is 0 Å². The number of fused-ring (bicyclic) bond motifs is 1. The van der Waals surface area contributed by atoms with E-state index in [0.717, 1.165) is 0 Å². The van der Waals surface area contributed by atoms with E-state index in [-0.39, 0.29) is 28.0 Å². The van der Waals surface area contributed by atoms with Crippen LogP contribution in [0, 0.1) is 6.92 Å². The lowest BCUT2D eigenvalue weighted by Crippen LogP contribution is -2.15. The summed E-state index contributed by atoms with van der Waals surface area (Å²) >= 11 is 0. The van der Waals surface area contributed by atoms with Crippen LogP contribution in [0.5, 0.6) is 17.2 Å². The van der Waals surface area contributed by atoms with Gasteiger partial charge in [0.2, 0.25) is 11.2 Å². The Kier molecular flexibility index (Phi) is 3.71. The maximum absolute atomic E-state index is 13.3. The van der Waals surface area contributed by atoms with Gasteiger partial charge in [-0.3, -0.25) is 4.79 Å². The molecule has 1 N–H and O–H groups in total. The Bertz CT molecular complexity index is 959. The molecule has 0 fully saturated rings. The molecule has 0 aliphatic rings. The first kappa shape index (κ1) is 15.9. The molecule has 3 aromatic rings. The molecule has 3 rings (SSSR count). The van der Waals surface area contributed by atoms with Gasteiger partial charge in [0.25, 0.3) is 5.76 Å². The van der Waals surface area contributed by atoms with E-state index in [4.69, 9.17) is 9.15 Å². The van der Waals surface area contributed by atoms with Crippen molar-refractivity contribution in [3.63, 3.8) is 0 Å². The van der Waals surface area contributed by atoms with E-state index in [9.17, 15) is 23.1 Å². The Balaban J connectivity index is 2.33. The molecule has 0 aliphatic heterocycles.